The van der Waals surface area contributed by atoms with E-state index >= 15 is 0 Å². The third-order valence-electron chi connectivity index (χ3n) is 6.99. The van der Waals surface area contributed by atoms with E-state index in [1.807, 2.05) is 18.2 Å². The highest BCUT2D eigenvalue weighted by Gasteiger charge is 2.44. The number of nitrogens with zero attached hydrogens (tertiary/aromatic N) is 5. The molecule has 4 aromatic rings. The number of benzene rings is 2. The van der Waals surface area contributed by atoms with E-state index in [0.717, 1.165) is 10.6 Å². The van der Waals surface area contributed by atoms with Gasteiger partial charge in [-0.1, -0.05) is 55.0 Å². The van der Waals surface area contributed by atoms with E-state index in [2.05, 4.69) is 25.7 Å². The van der Waals surface area contributed by atoms with Gasteiger partial charge in [0.1, 0.15) is 12.6 Å². The molecule has 0 unspecified atom stereocenters. The molecule has 1 fully saturated rings. The first-order chi connectivity index (χ1) is 18.5. The number of halogens is 2. The molecule has 0 amide bonds. The molecule has 0 bridgehead atoms. The first kappa shape index (κ1) is 27.4. The third-order valence-corrected chi connectivity index (χ3v) is 9.28. The fourth-order valence-corrected chi connectivity index (χ4v) is 5.56. The Hall–Kier alpha value is -3.16. The van der Waals surface area contributed by atoms with Crippen LogP contribution in [-0.4, -0.2) is 33.4 Å². The highest BCUT2D eigenvalue weighted by Crippen LogP contribution is 2.46. The zero-order chi connectivity index (χ0) is 27.9. The van der Waals surface area contributed by atoms with Crippen molar-refractivity contribution in [3.63, 3.8) is 0 Å². The Labute approximate surface area is 237 Å². The number of ether oxygens (including phenoxy) is 1. The summed E-state index contributed by atoms with van der Waals surface area (Å²) in [4.78, 5) is 32.7. The second-order valence-corrected chi connectivity index (χ2v) is 17.7. The van der Waals surface area contributed by atoms with Crippen LogP contribution in [0.2, 0.25) is 35.7 Å². The van der Waals surface area contributed by atoms with Crippen LogP contribution in [0.15, 0.2) is 58.1 Å². The summed E-state index contributed by atoms with van der Waals surface area (Å²) in [6.07, 6.45) is 1.28. The standard InChI is InChI=1S/C28H29Cl2N5O3Si/c1-39(2,3)15-14-38-18-34-25-23(26(36)33(27(34)37)17-28(16-31)12-13-28)35(20-10-8-19(29)9-11-20)24(32-25)21-6-4-5-7-22(21)30/h4-11H,12-15,17-18H2,1-3H3. The highest BCUT2D eigenvalue weighted by atomic mass is 35.5. The van der Waals surface area contributed by atoms with Gasteiger partial charge in [-0.3, -0.25) is 18.5 Å². The molecule has 0 radical (unpaired) electrons. The average Bonchev–Trinajstić information content (AvgIpc) is 3.57. The zero-order valence-electron chi connectivity index (χ0n) is 22.1. The van der Waals surface area contributed by atoms with Crippen LogP contribution in [0.1, 0.15) is 12.8 Å². The van der Waals surface area contributed by atoms with Gasteiger partial charge >= 0.3 is 5.69 Å². The van der Waals surface area contributed by atoms with Crippen molar-refractivity contribution in [2.24, 2.45) is 5.41 Å². The molecular formula is C28H29Cl2N5O3Si. The van der Waals surface area contributed by atoms with E-state index in [9.17, 15) is 14.9 Å². The van der Waals surface area contributed by atoms with Crippen LogP contribution in [0.25, 0.3) is 28.2 Å². The van der Waals surface area contributed by atoms with E-state index in [4.69, 9.17) is 32.9 Å². The van der Waals surface area contributed by atoms with Crippen molar-refractivity contribution in [3.8, 4) is 23.1 Å². The van der Waals surface area contributed by atoms with Crippen molar-refractivity contribution in [3.05, 3.63) is 79.4 Å². The molecule has 0 aliphatic heterocycles. The lowest BCUT2D eigenvalue weighted by molar-refractivity contribution is 0.0852. The number of hydrogen-bond donors (Lipinski definition) is 0. The fourth-order valence-electron chi connectivity index (χ4n) is 4.45. The lowest BCUT2D eigenvalue weighted by Crippen LogP contribution is -2.42. The molecule has 202 valence electrons. The van der Waals surface area contributed by atoms with Gasteiger partial charge in [0.15, 0.2) is 11.2 Å². The first-order valence-electron chi connectivity index (χ1n) is 12.8. The number of nitriles is 1. The number of rotatable bonds is 9. The topological polar surface area (TPSA) is 94.8 Å². The van der Waals surface area contributed by atoms with E-state index < -0.39 is 24.7 Å². The fraction of sp³-hybridized carbons (Fsp3) is 0.357. The van der Waals surface area contributed by atoms with Crippen molar-refractivity contribution in [2.45, 2.75) is 51.8 Å². The van der Waals surface area contributed by atoms with Crippen LogP contribution < -0.4 is 11.2 Å². The summed E-state index contributed by atoms with van der Waals surface area (Å²) in [6.45, 7) is 7.18. The maximum absolute atomic E-state index is 14.1. The van der Waals surface area contributed by atoms with Gasteiger partial charge in [-0.2, -0.15) is 5.26 Å². The van der Waals surface area contributed by atoms with Gasteiger partial charge < -0.3 is 4.74 Å². The average molecular weight is 583 g/mol. The Morgan fingerprint density at radius 2 is 1.74 bits per heavy atom. The lowest BCUT2D eigenvalue weighted by Gasteiger charge is -2.17. The molecule has 11 heteroatoms. The van der Waals surface area contributed by atoms with Crippen LogP contribution >= 0.6 is 23.2 Å². The van der Waals surface area contributed by atoms with Crippen molar-refractivity contribution in [1.29, 1.82) is 5.26 Å². The molecule has 2 aromatic heterocycles. The number of fused-ring (bicyclic) bond motifs is 1. The summed E-state index contributed by atoms with van der Waals surface area (Å²) in [5.41, 5.74) is -0.152. The molecule has 0 saturated heterocycles. The molecule has 8 nitrogen and oxygen atoms in total. The van der Waals surface area contributed by atoms with Gasteiger partial charge in [0.05, 0.1) is 16.5 Å². The Balaban J connectivity index is 1.79. The normalized spacial score (nSPS) is 14.5. The Bertz CT molecular complexity index is 1710. The summed E-state index contributed by atoms with van der Waals surface area (Å²) in [5, 5.41) is 10.7. The molecule has 1 aliphatic rings. The van der Waals surface area contributed by atoms with Gasteiger partial charge in [0.2, 0.25) is 0 Å². The Morgan fingerprint density at radius 3 is 2.36 bits per heavy atom. The molecule has 0 N–H and O–H groups in total. The van der Waals surface area contributed by atoms with E-state index in [0.29, 0.717) is 46.6 Å². The van der Waals surface area contributed by atoms with Gasteiger partial charge in [0, 0.05) is 37.5 Å². The molecule has 1 saturated carbocycles. The van der Waals surface area contributed by atoms with E-state index in [1.54, 1.807) is 34.9 Å². The van der Waals surface area contributed by atoms with Crippen molar-refractivity contribution in [2.75, 3.05) is 6.61 Å². The van der Waals surface area contributed by atoms with Crippen LogP contribution in [-0.2, 0) is 18.0 Å². The largest absolute Gasteiger partial charge is 0.361 e. The monoisotopic (exact) mass is 581 g/mol. The van der Waals surface area contributed by atoms with Crippen molar-refractivity contribution >= 4 is 42.4 Å². The second-order valence-electron chi connectivity index (χ2n) is 11.2. The first-order valence-corrected chi connectivity index (χ1v) is 17.3. The maximum Gasteiger partial charge on any atom is 0.334 e. The molecular weight excluding hydrogens is 553 g/mol. The smallest absolute Gasteiger partial charge is 0.334 e. The summed E-state index contributed by atoms with van der Waals surface area (Å²) in [6, 6.07) is 17.4. The van der Waals surface area contributed by atoms with E-state index in [1.165, 1.54) is 4.57 Å². The quantitative estimate of drug-likeness (QED) is 0.180. The highest BCUT2D eigenvalue weighted by molar-refractivity contribution is 6.76. The molecule has 2 aromatic carbocycles. The number of aromatic nitrogens is 4. The third kappa shape index (κ3) is 5.47. The SMILES string of the molecule is C[Si](C)(C)CCOCn1c(=O)n(CC2(C#N)CC2)c(=O)c2c1nc(-c1ccccc1Cl)n2-c1ccc(Cl)cc1. The zero-order valence-corrected chi connectivity index (χ0v) is 24.6. The summed E-state index contributed by atoms with van der Waals surface area (Å²) < 4.78 is 10.2. The molecule has 2 heterocycles. The predicted molar refractivity (Wildman–Crippen MR) is 156 cm³/mol. The minimum Gasteiger partial charge on any atom is -0.361 e. The Morgan fingerprint density at radius 1 is 1.05 bits per heavy atom. The van der Waals surface area contributed by atoms with Crippen LogP contribution in [0, 0.1) is 16.7 Å². The molecule has 0 atom stereocenters. The molecule has 0 spiro atoms. The van der Waals surface area contributed by atoms with Gasteiger partial charge in [0.25, 0.3) is 5.56 Å². The number of hydrogen-bond acceptors (Lipinski definition) is 5. The van der Waals surface area contributed by atoms with Crippen molar-refractivity contribution < 1.29 is 4.74 Å². The maximum atomic E-state index is 14.1. The lowest BCUT2D eigenvalue weighted by atomic mass is 10.1. The molecule has 5 rings (SSSR count). The number of imidazole rings is 1. The minimum absolute atomic E-state index is 0.0131. The predicted octanol–water partition coefficient (Wildman–Crippen LogP) is 5.94. The van der Waals surface area contributed by atoms with Crippen LogP contribution in [0.5, 0.6) is 0 Å². The minimum atomic E-state index is -1.36. The van der Waals surface area contributed by atoms with Crippen LogP contribution in [0.3, 0.4) is 0 Å². The van der Waals surface area contributed by atoms with Gasteiger partial charge in [-0.15, -0.1) is 0 Å². The second kappa shape index (κ2) is 10.4. The van der Waals surface area contributed by atoms with Gasteiger partial charge in [-0.25, -0.2) is 9.78 Å². The summed E-state index contributed by atoms with van der Waals surface area (Å²) >= 11 is 12.8. The summed E-state index contributed by atoms with van der Waals surface area (Å²) in [7, 11) is -1.36. The molecule has 39 heavy (non-hydrogen) atoms. The summed E-state index contributed by atoms with van der Waals surface area (Å²) in [5.74, 6) is 0.407. The Kier molecular flexibility index (Phi) is 7.33. The van der Waals surface area contributed by atoms with E-state index in [-0.39, 0.29) is 24.4 Å². The van der Waals surface area contributed by atoms with Crippen molar-refractivity contribution in [1.82, 2.24) is 18.7 Å². The van der Waals surface area contributed by atoms with Crippen LogP contribution in [0.4, 0.5) is 0 Å². The molecule has 1 aliphatic carbocycles. The van der Waals surface area contributed by atoms with Gasteiger partial charge in [-0.05, 0) is 55.3 Å².